The molecule has 1 unspecified atom stereocenters. The van der Waals surface area contributed by atoms with E-state index in [4.69, 9.17) is 16.3 Å². The summed E-state index contributed by atoms with van der Waals surface area (Å²) in [5.41, 5.74) is 1.18. The molecule has 0 aliphatic heterocycles. The summed E-state index contributed by atoms with van der Waals surface area (Å²) in [7, 11) is 0. The van der Waals surface area contributed by atoms with Crippen LogP contribution in [-0.4, -0.2) is 9.97 Å². The smallest absolute Gasteiger partial charge is 0.224 e. The fraction of sp³-hybridized carbons (Fsp3) is 0.375. The fourth-order valence-corrected chi connectivity index (χ4v) is 2.16. The maximum Gasteiger partial charge on any atom is 0.224 e. The zero-order valence-electron chi connectivity index (χ0n) is 12.1. The standard InChI is InChI=1S/C16H19ClN2O/c1-4-11(3)12-8-6-7-9-13(12)20-16-10-14(17)18-15(5-2)19-16/h6-11H,4-5H2,1-3H3. The summed E-state index contributed by atoms with van der Waals surface area (Å²) in [4.78, 5) is 8.50. The van der Waals surface area contributed by atoms with E-state index < -0.39 is 0 Å². The zero-order chi connectivity index (χ0) is 14.5. The topological polar surface area (TPSA) is 35.0 Å². The van der Waals surface area contributed by atoms with Crippen LogP contribution in [0.2, 0.25) is 5.15 Å². The summed E-state index contributed by atoms with van der Waals surface area (Å²) in [5, 5.41) is 0.410. The van der Waals surface area contributed by atoms with Crippen molar-refractivity contribution >= 4 is 11.6 Å². The second kappa shape index (κ2) is 6.71. The quantitative estimate of drug-likeness (QED) is 0.727. The lowest BCUT2D eigenvalue weighted by molar-refractivity contribution is 0.448. The largest absolute Gasteiger partial charge is 0.439 e. The molecule has 0 aliphatic rings. The fourth-order valence-electron chi connectivity index (χ4n) is 1.97. The van der Waals surface area contributed by atoms with E-state index in [0.29, 0.717) is 22.8 Å². The van der Waals surface area contributed by atoms with Crippen molar-refractivity contribution in [1.29, 1.82) is 0 Å². The number of hydrogen-bond donors (Lipinski definition) is 0. The van der Waals surface area contributed by atoms with Crippen LogP contribution in [0.5, 0.6) is 11.6 Å². The lowest BCUT2D eigenvalue weighted by Crippen LogP contribution is -1.99. The molecule has 1 aromatic carbocycles. The average molecular weight is 291 g/mol. The Morgan fingerprint density at radius 3 is 2.65 bits per heavy atom. The van der Waals surface area contributed by atoms with Crippen LogP contribution in [0, 0.1) is 0 Å². The minimum absolute atomic E-state index is 0.410. The molecule has 0 bridgehead atoms. The van der Waals surface area contributed by atoms with Crippen LogP contribution in [-0.2, 0) is 6.42 Å². The van der Waals surface area contributed by atoms with Crippen molar-refractivity contribution in [2.45, 2.75) is 39.5 Å². The van der Waals surface area contributed by atoms with Gasteiger partial charge in [-0.15, -0.1) is 0 Å². The normalized spacial score (nSPS) is 12.2. The summed E-state index contributed by atoms with van der Waals surface area (Å²) in [6.07, 6.45) is 1.79. The molecular weight excluding hydrogens is 272 g/mol. The Balaban J connectivity index is 2.32. The minimum Gasteiger partial charge on any atom is -0.439 e. The van der Waals surface area contributed by atoms with E-state index in [-0.39, 0.29) is 0 Å². The molecule has 0 spiro atoms. The molecule has 20 heavy (non-hydrogen) atoms. The van der Waals surface area contributed by atoms with Crippen molar-refractivity contribution in [2.24, 2.45) is 0 Å². The third-order valence-electron chi connectivity index (χ3n) is 3.31. The highest BCUT2D eigenvalue weighted by molar-refractivity contribution is 6.29. The van der Waals surface area contributed by atoms with E-state index in [2.05, 4.69) is 29.9 Å². The van der Waals surface area contributed by atoms with Gasteiger partial charge in [-0.3, -0.25) is 0 Å². The van der Waals surface area contributed by atoms with Gasteiger partial charge < -0.3 is 4.74 Å². The Morgan fingerprint density at radius 2 is 1.95 bits per heavy atom. The number of aryl methyl sites for hydroxylation is 1. The third kappa shape index (κ3) is 3.48. The second-order valence-corrected chi connectivity index (χ2v) is 5.14. The second-order valence-electron chi connectivity index (χ2n) is 4.75. The molecule has 2 aromatic rings. The molecule has 4 heteroatoms. The van der Waals surface area contributed by atoms with Gasteiger partial charge in [-0.05, 0) is 24.0 Å². The highest BCUT2D eigenvalue weighted by Gasteiger charge is 2.11. The maximum atomic E-state index is 5.99. The van der Waals surface area contributed by atoms with Gasteiger partial charge in [-0.2, -0.15) is 4.98 Å². The summed E-state index contributed by atoms with van der Waals surface area (Å²) in [5.74, 6) is 2.46. The summed E-state index contributed by atoms with van der Waals surface area (Å²) in [6, 6.07) is 9.69. The predicted octanol–water partition coefficient (Wildman–Crippen LogP) is 5.00. The number of benzene rings is 1. The average Bonchev–Trinajstić information content (AvgIpc) is 2.46. The van der Waals surface area contributed by atoms with Gasteiger partial charge >= 0.3 is 0 Å². The molecule has 0 fully saturated rings. The number of nitrogens with zero attached hydrogens (tertiary/aromatic N) is 2. The first-order valence-electron chi connectivity index (χ1n) is 6.94. The van der Waals surface area contributed by atoms with E-state index in [1.165, 1.54) is 5.56 Å². The van der Waals surface area contributed by atoms with Crippen molar-refractivity contribution in [2.75, 3.05) is 0 Å². The first-order chi connectivity index (χ1) is 9.63. The van der Waals surface area contributed by atoms with Crippen LogP contribution >= 0.6 is 11.6 Å². The summed E-state index contributed by atoms with van der Waals surface area (Å²) in [6.45, 7) is 6.34. The number of halogens is 1. The van der Waals surface area contributed by atoms with Gasteiger partial charge in [0.2, 0.25) is 5.88 Å². The lowest BCUT2D eigenvalue weighted by atomic mass is 9.98. The van der Waals surface area contributed by atoms with Crippen LogP contribution in [0.15, 0.2) is 30.3 Å². The van der Waals surface area contributed by atoms with E-state index in [1.807, 2.05) is 25.1 Å². The Morgan fingerprint density at radius 1 is 1.20 bits per heavy atom. The number of ether oxygens (including phenoxy) is 1. The molecule has 3 nitrogen and oxygen atoms in total. The highest BCUT2D eigenvalue weighted by Crippen LogP contribution is 2.31. The number of hydrogen-bond acceptors (Lipinski definition) is 3. The van der Waals surface area contributed by atoms with Crippen molar-refractivity contribution < 1.29 is 4.74 Å². The number of para-hydroxylation sites is 1. The zero-order valence-corrected chi connectivity index (χ0v) is 12.8. The molecular formula is C16H19ClN2O. The number of aromatic nitrogens is 2. The van der Waals surface area contributed by atoms with Crippen molar-refractivity contribution in [3.8, 4) is 11.6 Å². The maximum absolute atomic E-state index is 5.99. The van der Waals surface area contributed by atoms with Gasteiger partial charge in [0, 0.05) is 12.5 Å². The van der Waals surface area contributed by atoms with Crippen LogP contribution in [0.4, 0.5) is 0 Å². The molecule has 0 saturated carbocycles. The van der Waals surface area contributed by atoms with Gasteiger partial charge in [0.15, 0.2) is 0 Å². The van der Waals surface area contributed by atoms with E-state index in [1.54, 1.807) is 6.07 Å². The van der Waals surface area contributed by atoms with E-state index in [9.17, 15) is 0 Å². The van der Waals surface area contributed by atoms with Crippen LogP contribution < -0.4 is 4.74 Å². The van der Waals surface area contributed by atoms with Crippen molar-refractivity contribution in [3.05, 3.63) is 46.9 Å². The lowest BCUT2D eigenvalue weighted by Gasteiger charge is -2.15. The van der Waals surface area contributed by atoms with Gasteiger partial charge in [0.25, 0.3) is 0 Å². The molecule has 1 atom stereocenters. The van der Waals surface area contributed by atoms with Gasteiger partial charge in [-0.25, -0.2) is 4.98 Å². The first-order valence-corrected chi connectivity index (χ1v) is 7.32. The molecule has 106 valence electrons. The Kier molecular flexibility index (Phi) is 4.96. The molecule has 0 radical (unpaired) electrons. The molecule has 0 aliphatic carbocycles. The summed E-state index contributed by atoms with van der Waals surface area (Å²) >= 11 is 5.99. The molecule has 0 saturated heterocycles. The van der Waals surface area contributed by atoms with Crippen LogP contribution in [0.25, 0.3) is 0 Å². The molecule has 2 rings (SSSR count). The number of rotatable bonds is 5. The van der Waals surface area contributed by atoms with E-state index >= 15 is 0 Å². The molecule has 0 N–H and O–H groups in total. The molecule has 1 heterocycles. The van der Waals surface area contributed by atoms with Gasteiger partial charge in [0.1, 0.15) is 16.7 Å². The van der Waals surface area contributed by atoms with Crippen LogP contribution in [0.3, 0.4) is 0 Å². The van der Waals surface area contributed by atoms with Gasteiger partial charge in [-0.1, -0.05) is 50.6 Å². The summed E-state index contributed by atoms with van der Waals surface area (Å²) < 4.78 is 5.92. The predicted molar refractivity (Wildman–Crippen MR) is 81.6 cm³/mol. The first kappa shape index (κ1) is 14.8. The Bertz CT molecular complexity index is 586. The van der Waals surface area contributed by atoms with Gasteiger partial charge in [0.05, 0.1) is 0 Å². The third-order valence-corrected chi connectivity index (χ3v) is 3.50. The molecule has 1 aromatic heterocycles. The SMILES string of the molecule is CCc1nc(Cl)cc(Oc2ccccc2C(C)CC)n1. The van der Waals surface area contributed by atoms with Crippen molar-refractivity contribution in [1.82, 2.24) is 9.97 Å². The highest BCUT2D eigenvalue weighted by atomic mass is 35.5. The Labute approximate surface area is 125 Å². The Hall–Kier alpha value is -1.61. The minimum atomic E-state index is 0.410. The van der Waals surface area contributed by atoms with Crippen molar-refractivity contribution in [3.63, 3.8) is 0 Å². The molecule has 0 amide bonds. The monoisotopic (exact) mass is 290 g/mol. The van der Waals surface area contributed by atoms with E-state index in [0.717, 1.165) is 18.6 Å². The van der Waals surface area contributed by atoms with Crippen LogP contribution in [0.1, 0.15) is 44.5 Å².